The second kappa shape index (κ2) is 7.86. The van der Waals surface area contributed by atoms with Crippen LogP contribution < -0.4 is 5.73 Å². The highest BCUT2D eigenvalue weighted by atomic mass is 16.5. The van der Waals surface area contributed by atoms with Gasteiger partial charge in [-0.3, -0.25) is 4.79 Å². The first-order valence-electron chi connectivity index (χ1n) is 8.23. The maximum atomic E-state index is 12.7. The summed E-state index contributed by atoms with van der Waals surface area (Å²) >= 11 is 0. The van der Waals surface area contributed by atoms with Crippen molar-refractivity contribution in [2.24, 2.45) is 0 Å². The van der Waals surface area contributed by atoms with E-state index in [1.54, 1.807) is 32.9 Å². The summed E-state index contributed by atoms with van der Waals surface area (Å²) in [6.07, 6.45) is -1.02. The van der Waals surface area contributed by atoms with Crippen LogP contribution in [0.5, 0.6) is 0 Å². The summed E-state index contributed by atoms with van der Waals surface area (Å²) in [6, 6.07) is 6.20. The van der Waals surface area contributed by atoms with Crippen LogP contribution in [0.25, 0.3) is 0 Å². The molecular formula is C19H22N2O5. The Balaban J connectivity index is 2.18. The third-order valence-corrected chi connectivity index (χ3v) is 3.96. The molecule has 0 spiro atoms. The molecule has 7 heteroatoms. The Morgan fingerprint density at radius 3 is 2.31 bits per heavy atom. The predicted molar refractivity (Wildman–Crippen MR) is 96.3 cm³/mol. The van der Waals surface area contributed by atoms with Crippen molar-refractivity contribution in [1.82, 2.24) is 4.98 Å². The molecule has 2 aromatic rings. The van der Waals surface area contributed by atoms with Gasteiger partial charge in [0.15, 0.2) is 6.10 Å². The zero-order valence-electron chi connectivity index (χ0n) is 15.2. The number of carbonyl (C=O) groups is 3. The number of nitrogen functional groups attached to an aromatic ring is 1. The van der Waals surface area contributed by atoms with Gasteiger partial charge in [0.05, 0.1) is 23.4 Å². The highest BCUT2D eigenvalue weighted by Crippen LogP contribution is 2.21. The molecule has 1 atom stereocenters. The van der Waals surface area contributed by atoms with E-state index in [1.807, 2.05) is 0 Å². The van der Waals surface area contributed by atoms with Crippen molar-refractivity contribution in [2.75, 3.05) is 12.3 Å². The van der Waals surface area contributed by atoms with Gasteiger partial charge in [-0.15, -0.1) is 0 Å². The molecule has 0 aliphatic carbocycles. The molecule has 26 heavy (non-hydrogen) atoms. The number of aromatic nitrogens is 1. The van der Waals surface area contributed by atoms with Gasteiger partial charge < -0.3 is 20.2 Å². The van der Waals surface area contributed by atoms with Gasteiger partial charge in [-0.05, 0) is 57.5 Å². The van der Waals surface area contributed by atoms with Gasteiger partial charge >= 0.3 is 11.9 Å². The molecule has 1 heterocycles. The van der Waals surface area contributed by atoms with Crippen LogP contribution in [0.3, 0.4) is 0 Å². The number of carbonyl (C=O) groups excluding carboxylic acids is 3. The van der Waals surface area contributed by atoms with Crippen molar-refractivity contribution in [3.63, 3.8) is 0 Å². The van der Waals surface area contributed by atoms with E-state index in [-0.39, 0.29) is 12.3 Å². The van der Waals surface area contributed by atoms with E-state index < -0.39 is 23.8 Å². The maximum absolute atomic E-state index is 12.7. The number of rotatable bonds is 6. The summed E-state index contributed by atoms with van der Waals surface area (Å²) in [5.41, 5.74) is 7.96. The lowest BCUT2D eigenvalue weighted by Gasteiger charge is -2.12. The first-order chi connectivity index (χ1) is 12.3. The number of ketones is 1. The summed E-state index contributed by atoms with van der Waals surface area (Å²) in [5, 5.41) is 0. The molecule has 0 saturated carbocycles. The van der Waals surface area contributed by atoms with Crippen molar-refractivity contribution in [2.45, 2.75) is 33.8 Å². The van der Waals surface area contributed by atoms with E-state index in [4.69, 9.17) is 15.2 Å². The summed E-state index contributed by atoms with van der Waals surface area (Å²) in [5.74, 6) is -1.55. The summed E-state index contributed by atoms with van der Waals surface area (Å²) < 4.78 is 10.2. The van der Waals surface area contributed by atoms with Gasteiger partial charge in [-0.1, -0.05) is 0 Å². The Morgan fingerprint density at radius 2 is 1.73 bits per heavy atom. The minimum Gasteiger partial charge on any atom is -0.462 e. The lowest BCUT2D eigenvalue weighted by atomic mass is 10.1. The molecule has 0 saturated heterocycles. The fraction of sp³-hybridized carbons (Fsp3) is 0.316. The lowest BCUT2D eigenvalue weighted by molar-refractivity contribution is 0.0316. The van der Waals surface area contributed by atoms with Crippen molar-refractivity contribution >= 4 is 23.4 Å². The number of hydrogen-bond donors (Lipinski definition) is 2. The molecule has 0 unspecified atom stereocenters. The van der Waals surface area contributed by atoms with E-state index in [0.29, 0.717) is 28.1 Å². The van der Waals surface area contributed by atoms with Crippen molar-refractivity contribution in [3.8, 4) is 0 Å². The largest absolute Gasteiger partial charge is 0.462 e. The minimum absolute atomic E-state index is 0.225. The van der Waals surface area contributed by atoms with Crippen LogP contribution in [-0.2, 0) is 9.47 Å². The van der Waals surface area contributed by atoms with Crippen LogP contribution >= 0.6 is 0 Å². The monoisotopic (exact) mass is 358 g/mol. The summed E-state index contributed by atoms with van der Waals surface area (Å²) in [6.45, 7) is 6.76. The van der Waals surface area contributed by atoms with Gasteiger partial charge in [0.2, 0.25) is 5.78 Å². The van der Waals surface area contributed by atoms with Crippen LogP contribution in [0.4, 0.5) is 5.69 Å². The molecular weight excluding hydrogens is 336 g/mol. The SMILES string of the molecule is CCOC(=O)c1c(C)[nH]c(C(=O)[C@@H](C)OC(=O)c2ccc(N)cc2)c1C. The number of aryl methyl sites for hydroxylation is 1. The van der Waals surface area contributed by atoms with Crippen LogP contribution in [0.15, 0.2) is 24.3 Å². The number of H-pyrrole nitrogens is 1. The molecule has 0 aliphatic heterocycles. The van der Waals surface area contributed by atoms with Crippen molar-refractivity contribution < 1.29 is 23.9 Å². The number of ether oxygens (including phenoxy) is 2. The molecule has 3 N–H and O–H groups in total. The number of nitrogens with two attached hydrogens (primary N) is 1. The first kappa shape index (κ1) is 19.2. The standard InChI is InChI=1S/C19H22N2O5/c1-5-25-19(24)15-10(2)16(21-11(15)3)17(22)12(4)26-18(23)13-6-8-14(20)9-7-13/h6-9,12,21H,5,20H2,1-4H3/t12-/m1/s1. The average molecular weight is 358 g/mol. The topological polar surface area (TPSA) is 111 Å². The third kappa shape index (κ3) is 3.93. The van der Waals surface area contributed by atoms with Gasteiger partial charge in [0.1, 0.15) is 0 Å². The number of aromatic amines is 1. The molecule has 2 rings (SSSR count). The Bertz CT molecular complexity index is 836. The third-order valence-electron chi connectivity index (χ3n) is 3.96. The molecule has 1 aromatic carbocycles. The Kier molecular flexibility index (Phi) is 5.82. The maximum Gasteiger partial charge on any atom is 0.340 e. The Hall–Kier alpha value is -3.09. The molecule has 1 aromatic heterocycles. The lowest BCUT2D eigenvalue weighted by Crippen LogP contribution is -2.25. The van der Waals surface area contributed by atoms with Gasteiger partial charge in [-0.2, -0.15) is 0 Å². The van der Waals surface area contributed by atoms with E-state index in [0.717, 1.165) is 0 Å². The van der Waals surface area contributed by atoms with Crippen molar-refractivity contribution in [3.05, 3.63) is 52.3 Å². The Labute approximate surface area is 151 Å². The smallest absolute Gasteiger partial charge is 0.340 e. The number of hydrogen-bond acceptors (Lipinski definition) is 6. The van der Waals surface area contributed by atoms with E-state index in [2.05, 4.69) is 4.98 Å². The zero-order valence-corrected chi connectivity index (χ0v) is 15.2. The molecule has 0 fully saturated rings. The first-order valence-corrected chi connectivity index (χ1v) is 8.23. The van der Waals surface area contributed by atoms with Crippen LogP contribution in [0, 0.1) is 13.8 Å². The normalized spacial score (nSPS) is 11.7. The number of Topliss-reactive ketones (excluding diaryl/α,β-unsaturated/α-hetero) is 1. The molecule has 0 aliphatic rings. The van der Waals surface area contributed by atoms with Gasteiger partial charge in [0.25, 0.3) is 0 Å². The fourth-order valence-corrected chi connectivity index (χ4v) is 2.61. The highest BCUT2D eigenvalue weighted by molar-refractivity contribution is 6.04. The second-order valence-electron chi connectivity index (χ2n) is 5.88. The number of esters is 2. The summed E-state index contributed by atoms with van der Waals surface area (Å²) in [7, 11) is 0. The molecule has 7 nitrogen and oxygen atoms in total. The van der Waals surface area contributed by atoms with Gasteiger partial charge in [-0.25, -0.2) is 9.59 Å². The number of nitrogens with one attached hydrogen (secondary N) is 1. The fourth-order valence-electron chi connectivity index (χ4n) is 2.61. The number of benzene rings is 1. The molecule has 0 radical (unpaired) electrons. The van der Waals surface area contributed by atoms with Crippen LogP contribution in [-0.4, -0.2) is 35.4 Å². The number of anilines is 1. The molecule has 0 bridgehead atoms. The quantitative estimate of drug-likeness (QED) is 0.466. The van der Waals surface area contributed by atoms with Crippen molar-refractivity contribution in [1.29, 1.82) is 0 Å². The molecule has 0 amide bonds. The zero-order chi connectivity index (χ0) is 19.4. The highest BCUT2D eigenvalue weighted by Gasteiger charge is 2.27. The van der Waals surface area contributed by atoms with E-state index in [9.17, 15) is 14.4 Å². The second-order valence-corrected chi connectivity index (χ2v) is 5.88. The van der Waals surface area contributed by atoms with E-state index in [1.165, 1.54) is 19.1 Å². The average Bonchev–Trinajstić information content (AvgIpc) is 2.89. The molecule has 138 valence electrons. The van der Waals surface area contributed by atoms with Crippen LogP contribution in [0.2, 0.25) is 0 Å². The minimum atomic E-state index is -1.02. The predicted octanol–water partition coefficient (Wildman–Crippen LogP) is 2.82. The summed E-state index contributed by atoms with van der Waals surface area (Å²) in [4.78, 5) is 39.7. The van der Waals surface area contributed by atoms with Gasteiger partial charge in [0, 0.05) is 11.4 Å². The van der Waals surface area contributed by atoms with Crippen LogP contribution in [0.1, 0.15) is 56.3 Å². The Morgan fingerprint density at radius 1 is 1.12 bits per heavy atom. The van der Waals surface area contributed by atoms with E-state index >= 15 is 0 Å².